The van der Waals surface area contributed by atoms with Gasteiger partial charge >= 0.3 is 0 Å². The fourth-order valence-electron chi connectivity index (χ4n) is 8.89. The van der Waals surface area contributed by atoms with Gasteiger partial charge in [-0.25, -0.2) is 0 Å². The Morgan fingerprint density at radius 3 is 2.10 bits per heavy atom. The summed E-state index contributed by atoms with van der Waals surface area (Å²) in [5, 5.41) is 5.83. The Labute approximate surface area is 336 Å². The molecule has 9 aromatic rings. The van der Waals surface area contributed by atoms with Gasteiger partial charge in [-0.2, -0.15) is 0 Å². The summed E-state index contributed by atoms with van der Waals surface area (Å²) in [6.45, 7) is 8.64. The summed E-state index contributed by atoms with van der Waals surface area (Å²) in [6, 6.07) is 48.1. The summed E-state index contributed by atoms with van der Waals surface area (Å²) in [4.78, 5) is 2.28. The molecule has 4 nitrogen and oxygen atoms in total. The average molecular weight is 746 g/mol. The third-order valence-electron chi connectivity index (χ3n) is 11.7. The number of hydrogen-bond donors (Lipinski definition) is 0. The molecule has 1 aliphatic carbocycles. The van der Waals surface area contributed by atoms with Crippen molar-refractivity contribution in [3.8, 4) is 16.8 Å². The molecule has 0 N–H and O–H groups in total. The molecule has 4 heteroatoms. The van der Waals surface area contributed by atoms with Gasteiger partial charge in [0, 0.05) is 55.6 Å². The Morgan fingerprint density at radius 1 is 0.552 bits per heavy atom. The number of hydrogen-bond acceptors (Lipinski definition) is 2. The van der Waals surface area contributed by atoms with Gasteiger partial charge in [-0.15, -0.1) is 0 Å². The first-order chi connectivity index (χ1) is 28.6. The van der Waals surface area contributed by atoms with E-state index in [0.717, 1.165) is 89.8 Å². The molecule has 2 aliphatic rings. The summed E-state index contributed by atoms with van der Waals surface area (Å²) >= 11 is 0. The summed E-state index contributed by atoms with van der Waals surface area (Å²) in [5.41, 5.74) is 12.6. The Morgan fingerprint density at radius 2 is 1.28 bits per heavy atom. The number of aromatic nitrogens is 2. The zero-order chi connectivity index (χ0) is 38.7. The van der Waals surface area contributed by atoms with Crippen LogP contribution in [0.15, 0.2) is 217 Å². The molecule has 0 radical (unpaired) electrons. The van der Waals surface area contributed by atoms with E-state index in [1.807, 2.05) is 18.2 Å². The van der Waals surface area contributed by atoms with Crippen molar-refractivity contribution in [2.75, 3.05) is 4.90 Å². The number of fused-ring (bicyclic) bond motifs is 10. The number of allylic oxidation sites excluding steroid dienone is 10. The quantitative estimate of drug-likeness (QED) is 0.179. The van der Waals surface area contributed by atoms with E-state index in [1.165, 1.54) is 16.3 Å². The van der Waals surface area contributed by atoms with E-state index in [1.54, 1.807) is 0 Å². The number of para-hydroxylation sites is 3. The topological polar surface area (TPSA) is 26.2 Å². The normalized spacial score (nSPS) is 17.4. The molecule has 3 aromatic heterocycles. The maximum atomic E-state index is 6.68. The Hall–Kier alpha value is -7.56. The second-order valence-corrected chi connectivity index (χ2v) is 15.1. The molecule has 0 saturated heterocycles. The van der Waals surface area contributed by atoms with Crippen molar-refractivity contribution >= 4 is 72.2 Å². The summed E-state index contributed by atoms with van der Waals surface area (Å²) in [5.74, 6) is 1.04. The highest BCUT2D eigenvalue weighted by Crippen LogP contribution is 2.45. The van der Waals surface area contributed by atoms with Crippen LogP contribution in [0.1, 0.15) is 18.0 Å². The molecule has 1 unspecified atom stereocenters. The lowest BCUT2D eigenvalue weighted by Crippen LogP contribution is -2.14. The van der Waals surface area contributed by atoms with Crippen LogP contribution >= 0.6 is 0 Å². The molecule has 6 aromatic carbocycles. The van der Waals surface area contributed by atoms with Crippen molar-refractivity contribution in [3.63, 3.8) is 0 Å². The largest absolute Gasteiger partial charge is 0.454 e. The van der Waals surface area contributed by atoms with Crippen LogP contribution in [-0.4, -0.2) is 9.13 Å². The third-order valence-corrected chi connectivity index (χ3v) is 11.7. The van der Waals surface area contributed by atoms with Gasteiger partial charge in [0.25, 0.3) is 0 Å². The lowest BCUT2D eigenvalue weighted by molar-refractivity contribution is 0.635. The molecule has 58 heavy (non-hydrogen) atoms. The van der Waals surface area contributed by atoms with Crippen LogP contribution in [0.25, 0.3) is 77.5 Å². The van der Waals surface area contributed by atoms with Gasteiger partial charge in [-0.3, -0.25) is 4.57 Å². The number of nitrogens with zero attached hydrogens (tertiary/aromatic N) is 3. The van der Waals surface area contributed by atoms with E-state index < -0.39 is 0 Å². The van der Waals surface area contributed by atoms with Crippen molar-refractivity contribution in [3.05, 3.63) is 218 Å². The van der Waals surface area contributed by atoms with Gasteiger partial charge in [0.05, 0.1) is 17.1 Å². The maximum Gasteiger partial charge on any atom is 0.159 e. The Kier molecular flexibility index (Phi) is 7.90. The van der Waals surface area contributed by atoms with Crippen molar-refractivity contribution in [2.45, 2.75) is 12.5 Å². The minimum Gasteiger partial charge on any atom is -0.454 e. The number of furan rings is 1. The van der Waals surface area contributed by atoms with E-state index in [4.69, 9.17) is 4.42 Å². The lowest BCUT2D eigenvalue weighted by Gasteiger charge is -2.24. The summed E-state index contributed by atoms with van der Waals surface area (Å²) in [7, 11) is 0. The Balaban J connectivity index is 1.17. The van der Waals surface area contributed by atoms with Crippen LogP contribution in [0, 0.1) is 0 Å². The second kappa shape index (κ2) is 13.6. The molecule has 0 fully saturated rings. The molecule has 1 atom stereocenters. The lowest BCUT2D eigenvalue weighted by atomic mass is 10.00. The molecule has 11 rings (SSSR count). The van der Waals surface area contributed by atoms with Gasteiger partial charge in [0.2, 0.25) is 0 Å². The highest BCUT2D eigenvalue weighted by molar-refractivity contribution is 6.21. The first-order valence-corrected chi connectivity index (χ1v) is 19.8. The zero-order valence-corrected chi connectivity index (χ0v) is 31.9. The van der Waals surface area contributed by atoms with E-state index in [2.05, 4.69) is 203 Å². The first kappa shape index (κ1) is 33.8. The van der Waals surface area contributed by atoms with Gasteiger partial charge in [0.1, 0.15) is 11.4 Å². The molecule has 0 saturated carbocycles. The summed E-state index contributed by atoms with van der Waals surface area (Å²) in [6.07, 6.45) is 22.3. The number of rotatable bonds is 4. The molecule has 4 heterocycles. The van der Waals surface area contributed by atoms with Crippen LogP contribution in [0.3, 0.4) is 0 Å². The minimum absolute atomic E-state index is 0.177. The summed E-state index contributed by atoms with van der Waals surface area (Å²) < 4.78 is 11.6. The fourth-order valence-corrected chi connectivity index (χ4v) is 8.89. The van der Waals surface area contributed by atoms with E-state index in [-0.39, 0.29) is 6.04 Å². The molecule has 0 spiro atoms. The molecule has 0 bridgehead atoms. The molecule has 0 amide bonds. The van der Waals surface area contributed by atoms with Crippen LogP contribution in [-0.2, 0) is 0 Å². The minimum atomic E-state index is 0.177. The van der Waals surface area contributed by atoms with Crippen LogP contribution in [0.2, 0.25) is 0 Å². The smallest absolute Gasteiger partial charge is 0.159 e. The molecule has 276 valence electrons. The predicted molar refractivity (Wildman–Crippen MR) is 245 cm³/mol. The van der Waals surface area contributed by atoms with Crippen LogP contribution in [0.5, 0.6) is 0 Å². The number of benzene rings is 6. The first-order valence-electron chi connectivity index (χ1n) is 19.8. The molecule has 1 aliphatic heterocycles. The monoisotopic (exact) mass is 745 g/mol. The predicted octanol–water partition coefficient (Wildman–Crippen LogP) is 14.7. The molecular formula is C54H39N3O. The second-order valence-electron chi connectivity index (χ2n) is 15.1. The van der Waals surface area contributed by atoms with Crippen molar-refractivity contribution in [1.29, 1.82) is 0 Å². The standard InChI is InChI=1S/C54H39N3O/c1-36-16-14-15-33-55(40-17-6-3-7-18-40)54-47(28-25-37(36)2)43-29-26-39(35-50(43)57(54)42-21-10-5-11-22-42)38-27-32-49-48(34-38)45-30-31-46-44-23-12-13-24-51(44)58-53(46)52(45)56(49)41-19-8-4-9-20-41/h3-19,21-35,41H,1-2,20H2/b16-14-,28-25-,33-15-. The van der Waals surface area contributed by atoms with Crippen LogP contribution < -0.4 is 4.90 Å². The Bertz CT molecular complexity index is 3290. The van der Waals surface area contributed by atoms with Crippen molar-refractivity contribution < 1.29 is 4.42 Å². The van der Waals surface area contributed by atoms with E-state index in [0.29, 0.717) is 0 Å². The van der Waals surface area contributed by atoms with Gasteiger partial charge < -0.3 is 13.9 Å². The van der Waals surface area contributed by atoms with E-state index >= 15 is 0 Å². The van der Waals surface area contributed by atoms with E-state index in [9.17, 15) is 0 Å². The van der Waals surface area contributed by atoms with Crippen LogP contribution in [0.4, 0.5) is 11.5 Å². The van der Waals surface area contributed by atoms with Crippen molar-refractivity contribution in [2.24, 2.45) is 0 Å². The highest BCUT2D eigenvalue weighted by Gasteiger charge is 2.25. The fraction of sp³-hybridized carbons (Fsp3) is 0.0370. The van der Waals surface area contributed by atoms with Crippen molar-refractivity contribution in [1.82, 2.24) is 9.13 Å². The maximum absolute atomic E-state index is 6.68. The zero-order valence-electron chi connectivity index (χ0n) is 31.9. The number of anilines is 2. The average Bonchev–Trinajstić information content (AvgIpc) is 3.93. The molecular weight excluding hydrogens is 707 g/mol. The highest BCUT2D eigenvalue weighted by atomic mass is 16.3. The SMILES string of the molecule is C=C1/C=C\C=C/N(c2ccccc2)c2c(c3ccc(-c4ccc5c(c4)c4ccc6c7ccccc7oc6c4n5C4C=CC=CC4)cc3n2-c2ccccc2)/C=C\C1=C. The van der Waals surface area contributed by atoms with Gasteiger partial charge in [-0.1, -0.05) is 141 Å². The van der Waals surface area contributed by atoms with Gasteiger partial charge in [-0.05, 0) is 89.4 Å². The van der Waals surface area contributed by atoms with Gasteiger partial charge in [0.15, 0.2) is 5.58 Å². The third kappa shape index (κ3) is 5.37.